The van der Waals surface area contributed by atoms with Crippen LogP contribution in [0.1, 0.15) is 21.9 Å². The van der Waals surface area contributed by atoms with Crippen LogP contribution in [0.5, 0.6) is 0 Å². The Labute approximate surface area is 130 Å². The summed E-state index contributed by atoms with van der Waals surface area (Å²) in [4.78, 5) is 14.0. The average molecular weight is 390 g/mol. The molecule has 1 heterocycles. The molecular weight excluding hydrogens is 377 g/mol. The van der Waals surface area contributed by atoms with Crippen LogP contribution in [0, 0.1) is 10.5 Å². The number of amides is 1. The molecule has 0 aliphatic rings. The molecule has 0 radical (unpaired) electrons. The van der Waals surface area contributed by atoms with E-state index in [4.69, 9.17) is 16.0 Å². The summed E-state index contributed by atoms with van der Waals surface area (Å²) in [6, 6.07) is 9.06. The van der Waals surface area contributed by atoms with Crippen LogP contribution in [-0.4, -0.2) is 17.9 Å². The summed E-state index contributed by atoms with van der Waals surface area (Å²) in [5, 5.41) is 0.561. The number of rotatable bonds is 3. The molecule has 0 saturated heterocycles. The molecular formula is C14H13ClINO2. The Kier molecular flexibility index (Phi) is 4.52. The highest BCUT2D eigenvalue weighted by atomic mass is 127. The van der Waals surface area contributed by atoms with Crippen molar-refractivity contribution in [2.24, 2.45) is 0 Å². The predicted molar refractivity (Wildman–Crippen MR) is 83.4 cm³/mol. The van der Waals surface area contributed by atoms with Crippen LogP contribution in [0.2, 0.25) is 5.02 Å². The molecule has 0 N–H and O–H groups in total. The minimum absolute atomic E-state index is 0.0686. The summed E-state index contributed by atoms with van der Waals surface area (Å²) >= 11 is 8.07. The van der Waals surface area contributed by atoms with Gasteiger partial charge < -0.3 is 9.32 Å². The van der Waals surface area contributed by atoms with E-state index >= 15 is 0 Å². The van der Waals surface area contributed by atoms with E-state index in [0.717, 1.165) is 15.1 Å². The van der Waals surface area contributed by atoms with Crippen molar-refractivity contribution < 1.29 is 9.21 Å². The zero-order chi connectivity index (χ0) is 14.0. The molecule has 0 fully saturated rings. The van der Waals surface area contributed by atoms with Gasteiger partial charge >= 0.3 is 0 Å². The smallest absolute Gasteiger partial charge is 0.255 e. The molecule has 0 atom stereocenters. The standard InChI is InChI=1S/C14H13ClINO2/c1-9-3-5-11(19-9)8-17(2)14(18)12-7-10(15)4-6-13(12)16/h3-7H,8H2,1-2H3. The van der Waals surface area contributed by atoms with E-state index in [2.05, 4.69) is 22.6 Å². The van der Waals surface area contributed by atoms with Gasteiger partial charge in [-0.25, -0.2) is 0 Å². The van der Waals surface area contributed by atoms with Crippen molar-refractivity contribution in [1.29, 1.82) is 0 Å². The highest BCUT2D eigenvalue weighted by molar-refractivity contribution is 14.1. The molecule has 5 heteroatoms. The Morgan fingerprint density at radius 1 is 1.37 bits per heavy atom. The molecule has 0 saturated carbocycles. The normalized spacial score (nSPS) is 10.5. The lowest BCUT2D eigenvalue weighted by molar-refractivity contribution is 0.0774. The van der Waals surface area contributed by atoms with Gasteiger partial charge in [0.2, 0.25) is 0 Å². The molecule has 2 aromatic rings. The Bertz CT molecular complexity index is 609. The Morgan fingerprint density at radius 3 is 2.74 bits per heavy atom. The second kappa shape index (κ2) is 5.96. The van der Waals surface area contributed by atoms with Crippen molar-refractivity contribution in [2.45, 2.75) is 13.5 Å². The third-order valence-electron chi connectivity index (χ3n) is 2.69. The number of halogens is 2. The Balaban J connectivity index is 2.16. The maximum atomic E-state index is 12.3. The van der Waals surface area contributed by atoms with Crippen molar-refractivity contribution in [3.63, 3.8) is 0 Å². The van der Waals surface area contributed by atoms with Crippen LogP contribution in [0.25, 0.3) is 0 Å². The van der Waals surface area contributed by atoms with Gasteiger partial charge in [0.05, 0.1) is 12.1 Å². The lowest BCUT2D eigenvalue weighted by atomic mass is 10.2. The Hall–Kier alpha value is -1.01. The van der Waals surface area contributed by atoms with Crippen LogP contribution in [0.3, 0.4) is 0 Å². The topological polar surface area (TPSA) is 33.5 Å². The second-order valence-electron chi connectivity index (χ2n) is 4.30. The summed E-state index contributed by atoms with van der Waals surface area (Å²) in [6.07, 6.45) is 0. The van der Waals surface area contributed by atoms with Gasteiger partial charge in [-0.15, -0.1) is 0 Å². The van der Waals surface area contributed by atoms with Gasteiger partial charge in [0.1, 0.15) is 11.5 Å². The number of carbonyl (C=O) groups is 1. The molecule has 2 rings (SSSR count). The molecule has 1 amide bonds. The van der Waals surface area contributed by atoms with E-state index in [1.54, 1.807) is 24.1 Å². The largest absolute Gasteiger partial charge is 0.464 e. The maximum absolute atomic E-state index is 12.3. The number of benzene rings is 1. The predicted octanol–water partition coefficient (Wildman–Crippen LogP) is 4.12. The van der Waals surface area contributed by atoms with Crippen molar-refractivity contribution in [3.05, 3.63) is 56.0 Å². The van der Waals surface area contributed by atoms with Gasteiger partial charge in [-0.1, -0.05) is 11.6 Å². The average Bonchev–Trinajstić information content (AvgIpc) is 2.77. The summed E-state index contributed by atoms with van der Waals surface area (Å²) in [5.41, 5.74) is 0.610. The fourth-order valence-corrected chi connectivity index (χ4v) is 2.48. The van der Waals surface area contributed by atoms with E-state index in [1.807, 2.05) is 25.1 Å². The van der Waals surface area contributed by atoms with Gasteiger partial charge in [-0.05, 0) is 59.8 Å². The second-order valence-corrected chi connectivity index (χ2v) is 5.90. The first-order chi connectivity index (χ1) is 8.97. The number of hydrogen-bond acceptors (Lipinski definition) is 2. The molecule has 3 nitrogen and oxygen atoms in total. The molecule has 0 aliphatic heterocycles. The lowest BCUT2D eigenvalue weighted by Crippen LogP contribution is -2.26. The third-order valence-corrected chi connectivity index (χ3v) is 3.87. The highest BCUT2D eigenvalue weighted by Crippen LogP contribution is 2.20. The van der Waals surface area contributed by atoms with Gasteiger partial charge in [-0.3, -0.25) is 4.79 Å². The quantitative estimate of drug-likeness (QED) is 0.740. The fourth-order valence-electron chi connectivity index (χ4n) is 1.74. The van der Waals surface area contributed by atoms with E-state index in [1.165, 1.54) is 0 Å². The molecule has 0 bridgehead atoms. The monoisotopic (exact) mass is 389 g/mol. The Morgan fingerprint density at radius 2 is 2.11 bits per heavy atom. The third kappa shape index (κ3) is 3.51. The zero-order valence-electron chi connectivity index (χ0n) is 10.6. The van der Waals surface area contributed by atoms with Gasteiger partial charge in [0.15, 0.2) is 0 Å². The maximum Gasteiger partial charge on any atom is 0.255 e. The SMILES string of the molecule is Cc1ccc(CN(C)C(=O)c2cc(Cl)ccc2I)o1. The van der Waals surface area contributed by atoms with Gasteiger partial charge in [0.25, 0.3) is 5.91 Å². The van der Waals surface area contributed by atoms with E-state index in [9.17, 15) is 4.79 Å². The zero-order valence-corrected chi connectivity index (χ0v) is 13.5. The molecule has 1 aromatic carbocycles. The van der Waals surface area contributed by atoms with E-state index in [0.29, 0.717) is 17.1 Å². The van der Waals surface area contributed by atoms with Crippen molar-refractivity contribution in [3.8, 4) is 0 Å². The molecule has 1 aromatic heterocycles. The first kappa shape index (κ1) is 14.4. The summed E-state index contributed by atoms with van der Waals surface area (Å²) in [6.45, 7) is 2.32. The number of hydrogen-bond donors (Lipinski definition) is 0. The van der Waals surface area contributed by atoms with Crippen LogP contribution >= 0.6 is 34.2 Å². The van der Waals surface area contributed by atoms with Crippen LogP contribution in [-0.2, 0) is 6.54 Å². The van der Waals surface area contributed by atoms with Crippen LogP contribution < -0.4 is 0 Å². The molecule has 100 valence electrons. The van der Waals surface area contributed by atoms with Crippen molar-refractivity contribution >= 4 is 40.1 Å². The molecule has 0 aliphatic carbocycles. The minimum atomic E-state index is -0.0686. The minimum Gasteiger partial charge on any atom is -0.464 e. The number of carbonyl (C=O) groups excluding carboxylic acids is 1. The van der Waals surface area contributed by atoms with E-state index < -0.39 is 0 Å². The van der Waals surface area contributed by atoms with Gasteiger partial charge in [0, 0.05) is 15.6 Å². The van der Waals surface area contributed by atoms with Gasteiger partial charge in [-0.2, -0.15) is 0 Å². The number of furan rings is 1. The molecule has 0 spiro atoms. The highest BCUT2D eigenvalue weighted by Gasteiger charge is 2.16. The van der Waals surface area contributed by atoms with Crippen molar-refractivity contribution in [1.82, 2.24) is 4.90 Å². The molecule has 19 heavy (non-hydrogen) atoms. The summed E-state index contributed by atoms with van der Waals surface area (Å²) in [5.74, 6) is 1.54. The lowest BCUT2D eigenvalue weighted by Gasteiger charge is -2.16. The van der Waals surface area contributed by atoms with Crippen molar-refractivity contribution in [2.75, 3.05) is 7.05 Å². The fraction of sp³-hybridized carbons (Fsp3) is 0.214. The first-order valence-corrected chi connectivity index (χ1v) is 7.19. The van der Waals surface area contributed by atoms with Crippen LogP contribution in [0.4, 0.5) is 0 Å². The number of aryl methyl sites for hydroxylation is 1. The van der Waals surface area contributed by atoms with Crippen LogP contribution in [0.15, 0.2) is 34.7 Å². The number of nitrogens with zero attached hydrogens (tertiary/aromatic N) is 1. The first-order valence-electron chi connectivity index (χ1n) is 5.73. The summed E-state index contributed by atoms with van der Waals surface area (Å²) < 4.78 is 6.36. The summed E-state index contributed by atoms with van der Waals surface area (Å²) in [7, 11) is 1.75. The van der Waals surface area contributed by atoms with E-state index in [-0.39, 0.29) is 5.91 Å². The molecule has 0 unspecified atom stereocenters.